The van der Waals surface area contributed by atoms with Crippen molar-refractivity contribution in [2.24, 2.45) is 0 Å². The molecule has 0 radical (unpaired) electrons. The van der Waals surface area contributed by atoms with Gasteiger partial charge in [0.05, 0.1) is 18.4 Å². The van der Waals surface area contributed by atoms with Crippen LogP contribution in [0.1, 0.15) is 18.1 Å². The molecule has 0 unspecified atom stereocenters. The van der Waals surface area contributed by atoms with Crippen LogP contribution in [0.15, 0.2) is 83.6 Å². The third-order valence-electron chi connectivity index (χ3n) is 6.08. The van der Waals surface area contributed by atoms with Gasteiger partial charge in [-0.25, -0.2) is 4.98 Å². The predicted molar refractivity (Wildman–Crippen MR) is 142 cm³/mol. The Labute approximate surface area is 208 Å². The molecule has 2 heterocycles. The minimum atomic E-state index is -0.293. The number of allylic oxidation sites excluding steroid dienone is 1. The lowest BCUT2D eigenvalue weighted by molar-refractivity contribution is -0.111. The zero-order valence-electron chi connectivity index (χ0n) is 19.6. The number of nitrogens with one attached hydrogen (secondary N) is 1. The smallest absolute Gasteiger partial charge is 0.249 e. The summed E-state index contributed by atoms with van der Waals surface area (Å²) in [6.07, 6.45) is 4.82. The van der Waals surface area contributed by atoms with Crippen molar-refractivity contribution >= 4 is 50.6 Å². The molecule has 0 aliphatic heterocycles. The van der Waals surface area contributed by atoms with Crippen LogP contribution >= 0.6 is 11.6 Å². The molecule has 5 nitrogen and oxygen atoms in total. The number of carbonyl (C=O) groups excluding carboxylic acids is 1. The summed E-state index contributed by atoms with van der Waals surface area (Å²) >= 11 is 5.88. The van der Waals surface area contributed by atoms with E-state index >= 15 is 0 Å². The van der Waals surface area contributed by atoms with Crippen LogP contribution < -0.4 is 10.1 Å². The topological polar surface area (TPSA) is 64.4 Å². The number of ether oxygens (including phenoxy) is 1. The van der Waals surface area contributed by atoms with E-state index in [1.165, 1.54) is 12.3 Å². The Morgan fingerprint density at radius 1 is 1.06 bits per heavy atom. The number of nitrogens with zero attached hydrogens (tertiary/aromatic N) is 1. The molecule has 2 aromatic heterocycles. The first kappa shape index (κ1) is 22.7. The zero-order chi connectivity index (χ0) is 24.5. The van der Waals surface area contributed by atoms with Crippen LogP contribution in [0.25, 0.3) is 38.4 Å². The maximum atomic E-state index is 12.7. The molecule has 0 saturated carbocycles. The van der Waals surface area contributed by atoms with Crippen molar-refractivity contribution in [1.29, 1.82) is 0 Å². The number of carbonyl (C=O) groups is 1. The van der Waals surface area contributed by atoms with E-state index in [1.54, 1.807) is 25.5 Å². The number of furan rings is 1. The molecule has 6 heteroatoms. The summed E-state index contributed by atoms with van der Waals surface area (Å²) in [5.74, 6) is 0.802. The maximum absolute atomic E-state index is 12.7. The number of amides is 1. The molecular formula is C29H23ClN2O3. The number of halogens is 1. The predicted octanol–water partition coefficient (Wildman–Crippen LogP) is 7.66. The standard InChI is InChI=1S/C29H23ClN2O3/c1-17(13-27(33)32-26-12-11-20(30)15-31-26)23-14-24-25(16-35-29(24)18(2)28(23)34-3)22-10-6-8-19-7-4-5-9-21(19)22/h4-16H,1-3H3,(H,31,32,33)/b17-13+. The van der Waals surface area contributed by atoms with Crippen LogP contribution in [0, 0.1) is 6.92 Å². The Balaban J connectivity index is 1.61. The van der Waals surface area contributed by atoms with Crippen molar-refractivity contribution in [3.8, 4) is 16.9 Å². The summed E-state index contributed by atoms with van der Waals surface area (Å²) in [7, 11) is 1.62. The first-order valence-corrected chi connectivity index (χ1v) is 11.5. The molecule has 0 aliphatic rings. The van der Waals surface area contributed by atoms with E-state index < -0.39 is 0 Å². The van der Waals surface area contributed by atoms with Gasteiger partial charge in [-0.1, -0.05) is 54.1 Å². The minimum absolute atomic E-state index is 0.293. The van der Waals surface area contributed by atoms with Crippen molar-refractivity contribution in [3.05, 3.63) is 95.3 Å². The van der Waals surface area contributed by atoms with Gasteiger partial charge < -0.3 is 14.5 Å². The van der Waals surface area contributed by atoms with Crippen molar-refractivity contribution in [3.63, 3.8) is 0 Å². The molecule has 3 aromatic carbocycles. The minimum Gasteiger partial charge on any atom is -0.496 e. The van der Waals surface area contributed by atoms with Gasteiger partial charge in [-0.05, 0) is 54.0 Å². The van der Waals surface area contributed by atoms with Gasteiger partial charge in [0.15, 0.2) is 0 Å². The van der Waals surface area contributed by atoms with E-state index in [9.17, 15) is 4.79 Å². The number of aryl methyl sites for hydroxylation is 1. The third-order valence-corrected chi connectivity index (χ3v) is 6.30. The average Bonchev–Trinajstić information content (AvgIpc) is 3.29. The molecule has 5 rings (SSSR count). The van der Waals surface area contributed by atoms with E-state index in [2.05, 4.69) is 34.6 Å². The van der Waals surface area contributed by atoms with E-state index in [1.807, 2.05) is 38.1 Å². The SMILES string of the molecule is COc1c(/C(C)=C/C(=O)Nc2ccc(Cl)cn2)cc2c(-c3cccc4ccccc34)coc2c1C. The Bertz CT molecular complexity index is 1600. The van der Waals surface area contributed by atoms with E-state index in [4.69, 9.17) is 20.8 Å². The highest BCUT2D eigenvalue weighted by Gasteiger charge is 2.19. The van der Waals surface area contributed by atoms with E-state index in [0.29, 0.717) is 16.6 Å². The molecule has 0 aliphatic carbocycles. The van der Waals surface area contributed by atoms with Crippen LogP contribution in [0.5, 0.6) is 5.75 Å². The largest absolute Gasteiger partial charge is 0.496 e. The molecule has 1 amide bonds. The second kappa shape index (κ2) is 9.28. The molecule has 0 spiro atoms. The molecule has 1 N–H and O–H groups in total. The number of hydrogen-bond acceptors (Lipinski definition) is 4. The van der Waals surface area contributed by atoms with Gasteiger partial charge in [0, 0.05) is 34.3 Å². The highest BCUT2D eigenvalue weighted by atomic mass is 35.5. The second-order valence-corrected chi connectivity index (χ2v) is 8.75. The van der Waals surface area contributed by atoms with Gasteiger partial charge in [0.1, 0.15) is 17.2 Å². The monoisotopic (exact) mass is 482 g/mol. The number of benzene rings is 3. The van der Waals surface area contributed by atoms with E-state index in [0.717, 1.165) is 49.6 Å². The second-order valence-electron chi connectivity index (χ2n) is 8.31. The fourth-order valence-electron chi connectivity index (χ4n) is 4.43. The summed E-state index contributed by atoms with van der Waals surface area (Å²) in [5, 5.41) is 6.54. The van der Waals surface area contributed by atoms with Crippen LogP contribution in [0.4, 0.5) is 5.82 Å². The first-order chi connectivity index (χ1) is 17.0. The number of anilines is 1. The Morgan fingerprint density at radius 3 is 2.63 bits per heavy atom. The molecule has 0 saturated heterocycles. The zero-order valence-corrected chi connectivity index (χ0v) is 20.3. The molecule has 0 bridgehead atoms. The molecule has 5 aromatic rings. The van der Waals surface area contributed by atoms with E-state index in [-0.39, 0.29) is 5.91 Å². The summed E-state index contributed by atoms with van der Waals surface area (Å²) in [5.41, 5.74) is 5.29. The lowest BCUT2D eigenvalue weighted by atomic mass is 9.94. The number of fused-ring (bicyclic) bond motifs is 2. The summed E-state index contributed by atoms with van der Waals surface area (Å²) in [6.45, 7) is 3.85. The first-order valence-electron chi connectivity index (χ1n) is 11.1. The number of hydrogen-bond donors (Lipinski definition) is 1. The molecule has 0 fully saturated rings. The fourth-order valence-corrected chi connectivity index (χ4v) is 4.54. The van der Waals surface area contributed by atoms with Gasteiger partial charge in [-0.15, -0.1) is 0 Å². The lowest BCUT2D eigenvalue weighted by Crippen LogP contribution is -2.10. The van der Waals surface area contributed by atoms with Crippen molar-refractivity contribution in [1.82, 2.24) is 4.98 Å². The lowest BCUT2D eigenvalue weighted by Gasteiger charge is -2.13. The average molecular weight is 483 g/mol. The number of rotatable bonds is 5. The Morgan fingerprint density at radius 2 is 1.86 bits per heavy atom. The van der Waals surface area contributed by atoms with Crippen LogP contribution in [0.2, 0.25) is 5.02 Å². The van der Waals surface area contributed by atoms with Crippen LogP contribution in [-0.4, -0.2) is 18.0 Å². The van der Waals surface area contributed by atoms with Gasteiger partial charge in [0.2, 0.25) is 5.91 Å². The van der Waals surface area contributed by atoms with Gasteiger partial charge in [-0.2, -0.15) is 0 Å². The van der Waals surface area contributed by atoms with Crippen LogP contribution in [0.3, 0.4) is 0 Å². The molecular weight excluding hydrogens is 460 g/mol. The number of pyridine rings is 1. The van der Waals surface area contributed by atoms with Crippen molar-refractivity contribution in [2.75, 3.05) is 12.4 Å². The highest BCUT2D eigenvalue weighted by Crippen LogP contribution is 2.42. The van der Waals surface area contributed by atoms with Crippen LogP contribution in [-0.2, 0) is 4.79 Å². The Hall–Kier alpha value is -4.09. The Kier molecular flexibility index (Phi) is 6.01. The molecule has 174 valence electrons. The maximum Gasteiger partial charge on any atom is 0.249 e. The number of methoxy groups -OCH3 is 1. The molecule has 0 atom stereocenters. The normalized spacial score (nSPS) is 11.7. The van der Waals surface area contributed by atoms with Gasteiger partial charge >= 0.3 is 0 Å². The molecule has 35 heavy (non-hydrogen) atoms. The van der Waals surface area contributed by atoms with Crippen molar-refractivity contribution < 1.29 is 13.9 Å². The van der Waals surface area contributed by atoms with Gasteiger partial charge in [0.25, 0.3) is 0 Å². The summed E-state index contributed by atoms with van der Waals surface area (Å²) in [6, 6.07) is 19.9. The summed E-state index contributed by atoms with van der Waals surface area (Å²) < 4.78 is 11.8. The van der Waals surface area contributed by atoms with Gasteiger partial charge in [-0.3, -0.25) is 4.79 Å². The third kappa shape index (κ3) is 4.27. The highest BCUT2D eigenvalue weighted by molar-refractivity contribution is 6.30. The quantitative estimate of drug-likeness (QED) is 0.261. The number of aromatic nitrogens is 1. The fraction of sp³-hybridized carbons (Fsp3) is 0.103. The summed E-state index contributed by atoms with van der Waals surface area (Å²) in [4.78, 5) is 16.8. The van der Waals surface area contributed by atoms with Crippen molar-refractivity contribution in [2.45, 2.75) is 13.8 Å².